The van der Waals surface area contributed by atoms with Gasteiger partial charge >= 0.3 is 5.97 Å². The third-order valence-electron chi connectivity index (χ3n) is 3.32. The van der Waals surface area contributed by atoms with E-state index in [0.717, 1.165) is 6.42 Å². The van der Waals surface area contributed by atoms with Gasteiger partial charge in [-0.15, -0.1) is 0 Å². The van der Waals surface area contributed by atoms with Crippen molar-refractivity contribution in [1.82, 2.24) is 4.98 Å². The number of rotatable bonds is 9. The Labute approximate surface area is 127 Å². The van der Waals surface area contributed by atoms with Gasteiger partial charge in [-0.05, 0) is 26.3 Å². The molecule has 1 aromatic heterocycles. The summed E-state index contributed by atoms with van der Waals surface area (Å²) in [4.78, 5) is 16.0. The fraction of sp³-hybridized carbons (Fsp3) is 0.625. The van der Waals surface area contributed by atoms with E-state index >= 15 is 0 Å². The smallest absolute Gasteiger partial charge is 0.340 e. The summed E-state index contributed by atoms with van der Waals surface area (Å²) in [7, 11) is 0. The van der Waals surface area contributed by atoms with Crippen molar-refractivity contribution in [3.8, 4) is 0 Å². The van der Waals surface area contributed by atoms with Crippen LogP contribution in [-0.2, 0) is 4.74 Å². The fourth-order valence-electron chi connectivity index (χ4n) is 2.13. The maximum absolute atomic E-state index is 11.8. The third kappa shape index (κ3) is 6.02. The van der Waals surface area contributed by atoms with E-state index in [9.17, 15) is 4.79 Å². The van der Waals surface area contributed by atoms with E-state index in [1.165, 1.54) is 31.9 Å². The van der Waals surface area contributed by atoms with E-state index < -0.39 is 5.97 Å². The minimum absolute atomic E-state index is 0.313. The summed E-state index contributed by atoms with van der Waals surface area (Å²) in [5.74, 6) is 0.256. The van der Waals surface area contributed by atoms with Crippen LogP contribution in [0.1, 0.15) is 63.2 Å². The molecule has 1 aromatic rings. The Kier molecular flexibility index (Phi) is 7.58. The summed E-state index contributed by atoms with van der Waals surface area (Å²) in [6, 6.07) is 1.98. The average molecular weight is 293 g/mol. The molecule has 21 heavy (non-hydrogen) atoms. The zero-order chi connectivity index (χ0) is 15.7. The first-order valence-electron chi connectivity index (χ1n) is 7.77. The van der Waals surface area contributed by atoms with Crippen LogP contribution >= 0.6 is 0 Å². The maximum atomic E-state index is 11.8. The molecule has 5 nitrogen and oxygen atoms in total. The van der Waals surface area contributed by atoms with E-state index in [4.69, 9.17) is 10.5 Å². The Bertz CT molecular complexity index is 449. The molecule has 0 aliphatic heterocycles. The quantitative estimate of drug-likeness (QED) is 0.537. The van der Waals surface area contributed by atoms with Crippen molar-refractivity contribution in [2.45, 2.75) is 58.9 Å². The first-order valence-corrected chi connectivity index (χ1v) is 7.77. The average Bonchev–Trinajstić information content (AvgIpc) is 2.46. The molecule has 0 aliphatic carbocycles. The summed E-state index contributed by atoms with van der Waals surface area (Å²) < 4.78 is 4.99. The topological polar surface area (TPSA) is 77.2 Å². The molecule has 1 atom stereocenters. The van der Waals surface area contributed by atoms with Gasteiger partial charge in [0, 0.05) is 6.04 Å². The van der Waals surface area contributed by atoms with Crippen LogP contribution in [0.25, 0.3) is 0 Å². The Morgan fingerprint density at radius 3 is 2.81 bits per heavy atom. The largest absolute Gasteiger partial charge is 0.462 e. The molecule has 0 aliphatic rings. The number of esters is 1. The van der Waals surface area contributed by atoms with Gasteiger partial charge in [-0.1, -0.05) is 32.6 Å². The van der Waals surface area contributed by atoms with Gasteiger partial charge in [0.2, 0.25) is 0 Å². The van der Waals surface area contributed by atoms with E-state index in [1.807, 2.05) is 0 Å². The number of pyridine rings is 1. The molecular formula is C16H27N3O2. The number of aromatic nitrogens is 1. The summed E-state index contributed by atoms with van der Waals surface area (Å²) in [5.41, 5.74) is 6.48. The molecule has 1 unspecified atom stereocenters. The van der Waals surface area contributed by atoms with Gasteiger partial charge in [0.15, 0.2) is 0 Å². The van der Waals surface area contributed by atoms with Gasteiger partial charge in [-0.3, -0.25) is 0 Å². The molecule has 0 spiro atoms. The van der Waals surface area contributed by atoms with Gasteiger partial charge in [0.1, 0.15) is 5.82 Å². The molecule has 0 bridgehead atoms. The number of anilines is 2. The summed E-state index contributed by atoms with van der Waals surface area (Å²) >= 11 is 0. The SMILES string of the molecule is CCCCCCC(C)Nc1cc(C(=O)OCC)c(N)cn1. The van der Waals surface area contributed by atoms with Gasteiger partial charge in [0.25, 0.3) is 0 Å². The van der Waals surface area contributed by atoms with E-state index in [1.54, 1.807) is 13.0 Å². The van der Waals surface area contributed by atoms with E-state index in [-0.39, 0.29) is 0 Å². The maximum Gasteiger partial charge on any atom is 0.340 e. The highest BCUT2D eigenvalue weighted by molar-refractivity contribution is 5.95. The van der Waals surface area contributed by atoms with Crippen molar-refractivity contribution in [3.05, 3.63) is 17.8 Å². The van der Waals surface area contributed by atoms with Gasteiger partial charge < -0.3 is 15.8 Å². The highest BCUT2D eigenvalue weighted by atomic mass is 16.5. The molecule has 0 saturated carbocycles. The number of unbranched alkanes of at least 4 members (excludes halogenated alkanes) is 3. The molecule has 0 saturated heterocycles. The second-order valence-electron chi connectivity index (χ2n) is 5.27. The predicted molar refractivity (Wildman–Crippen MR) is 86.4 cm³/mol. The fourth-order valence-corrected chi connectivity index (χ4v) is 2.13. The molecule has 0 aromatic carbocycles. The van der Waals surface area contributed by atoms with Gasteiger partial charge in [0.05, 0.1) is 24.1 Å². The van der Waals surface area contributed by atoms with Gasteiger partial charge in [-0.25, -0.2) is 9.78 Å². The number of carbonyl (C=O) groups excluding carboxylic acids is 1. The standard InChI is InChI=1S/C16H27N3O2/c1-4-6-7-8-9-12(3)19-15-10-13(14(17)11-18-15)16(20)21-5-2/h10-12H,4-9,17H2,1-3H3,(H,18,19). The van der Waals surface area contributed by atoms with Crippen molar-refractivity contribution in [2.24, 2.45) is 0 Å². The van der Waals surface area contributed by atoms with Gasteiger partial charge in [-0.2, -0.15) is 0 Å². The van der Waals surface area contributed by atoms with E-state index in [0.29, 0.717) is 29.7 Å². The normalized spacial score (nSPS) is 12.0. The van der Waals surface area contributed by atoms with Crippen molar-refractivity contribution in [2.75, 3.05) is 17.7 Å². The lowest BCUT2D eigenvalue weighted by atomic mass is 10.1. The molecule has 1 rings (SSSR count). The molecule has 0 radical (unpaired) electrons. The monoisotopic (exact) mass is 293 g/mol. The number of nitrogen functional groups attached to an aromatic ring is 1. The van der Waals surface area contributed by atoms with E-state index in [2.05, 4.69) is 24.1 Å². The van der Waals surface area contributed by atoms with Crippen LogP contribution in [-0.4, -0.2) is 23.6 Å². The molecular weight excluding hydrogens is 266 g/mol. The Morgan fingerprint density at radius 1 is 1.38 bits per heavy atom. The van der Waals surface area contributed by atoms with Crippen molar-refractivity contribution in [1.29, 1.82) is 0 Å². The first kappa shape index (κ1) is 17.3. The minimum atomic E-state index is -0.406. The van der Waals surface area contributed by atoms with Crippen LogP contribution in [0.15, 0.2) is 12.3 Å². The number of nitrogens with two attached hydrogens (primary N) is 1. The van der Waals surface area contributed by atoms with Crippen LogP contribution in [0.3, 0.4) is 0 Å². The second-order valence-corrected chi connectivity index (χ2v) is 5.27. The molecule has 0 fully saturated rings. The zero-order valence-electron chi connectivity index (χ0n) is 13.3. The molecule has 1 heterocycles. The Morgan fingerprint density at radius 2 is 2.14 bits per heavy atom. The van der Waals surface area contributed by atoms with Crippen molar-refractivity contribution < 1.29 is 9.53 Å². The van der Waals surface area contributed by atoms with Crippen LogP contribution in [0.5, 0.6) is 0 Å². The van der Waals surface area contributed by atoms with Crippen LogP contribution in [0, 0.1) is 0 Å². The highest BCUT2D eigenvalue weighted by Crippen LogP contribution is 2.17. The molecule has 3 N–H and O–H groups in total. The number of nitrogens with one attached hydrogen (secondary N) is 1. The number of hydrogen-bond acceptors (Lipinski definition) is 5. The van der Waals surface area contributed by atoms with Crippen LogP contribution in [0.2, 0.25) is 0 Å². The summed E-state index contributed by atoms with van der Waals surface area (Å²) in [6.07, 6.45) is 7.55. The summed E-state index contributed by atoms with van der Waals surface area (Å²) in [5, 5.41) is 3.31. The Balaban J connectivity index is 2.59. The number of hydrogen-bond donors (Lipinski definition) is 2. The minimum Gasteiger partial charge on any atom is -0.462 e. The predicted octanol–water partition coefficient (Wildman–Crippen LogP) is 3.61. The van der Waals surface area contributed by atoms with Crippen molar-refractivity contribution in [3.63, 3.8) is 0 Å². The lowest BCUT2D eigenvalue weighted by Gasteiger charge is -2.15. The highest BCUT2D eigenvalue weighted by Gasteiger charge is 2.13. The van der Waals surface area contributed by atoms with Crippen LogP contribution < -0.4 is 11.1 Å². The molecule has 118 valence electrons. The zero-order valence-corrected chi connectivity index (χ0v) is 13.3. The third-order valence-corrected chi connectivity index (χ3v) is 3.32. The number of nitrogens with zero attached hydrogens (tertiary/aromatic N) is 1. The lowest BCUT2D eigenvalue weighted by Crippen LogP contribution is -2.17. The molecule has 0 amide bonds. The van der Waals surface area contributed by atoms with Crippen molar-refractivity contribution >= 4 is 17.5 Å². The molecule has 5 heteroatoms. The Hall–Kier alpha value is -1.78. The first-order chi connectivity index (χ1) is 10.1. The lowest BCUT2D eigenvalue weighted by molar-refractivity contribution is 0.0527. The van der Waals surface area contributed by atoms with Crippen LogP contribution in [0.4, 0.5) is 11.5 Å². The summed E-state index contributed by atoms with van der Waals surface area (Å²) in [6.45, 7) is 6.43. The number of carbonyl (C=O) groups is 1. The second kappa shape index (κ2) is 9.21. The number of ether oxygens (including phenoxy) is 1.